The first-order valence-corrected chi connectivity index (χ1v) is 7.48. The largest absolute Gasteiger partial charge is 0.375 e. The number of rotatable bonds is 3. The molecule has 0 amide bonds. The first-order chi connectivity index (χ1) is 9.97. The molecule has 22 heavy (non-hydrogen) atoms. The summed E-state index contributed by atoms with van der Waals surface area (Å²) >= 11 is 0. The zero-order chi connectivity index (χ0) is 15.4. The van der Waals surface area contributed by atoms with E-state index in [9.17, 15) is 4.39 Å². The van der Waals surface area contributed by atoms with E-state index in [0.29, 0.717) is 24.1 Å². The SMILES string of the molecule is CC1CCCN(C(N)=NCc2ccc(N(C)C)c(F)c2)C1.I. The minimum absolute atomic E-state index is 0. The Hall–Kier alpha value is -1.05. The van der Waals surface area contributed by atoms with Gasteiger partial charge in [-0.15, -0.1) is 24.0 Å². The lowest BCUT2D eigenvalue weighted by molar-refractivity contribution is 0.270. The van der Waals surface area contributed by atoms with Crippen molar-refractivity contribution in [2.75, 3.05) is 32.1 Å². The Balaban J connectivity index is 0.00000242. The molecule has 1 heterocycles. The van der Waals surface area contributed by atoms with Crippen molar-refractivity contribution >= 4 is 35.6 Å². The second-order valence-electron chi connectivity index (χ2n) is 6.05. The van der Waals surface area contributed by atoms with Gasteiger partial charge in [0, 0.05) is 27.2 Å². The lowest BCUT2D eigenvalue weighted by atomic mass is 10.0. The quantitative estimate of drug-likeness (QED) is 0.465. The lowest BCUT2D eigenvalue weighted by Gasteiger charge is -2.31. The Morgan fingerprint density at radius 3 is 2.77 bits per heavy atom. The molecule has 124 valence electrons. The molecule has 6 heteroatoms. The number of hydrogen-bond acceptors (Lipinski definition) is 2. The molecule has 0 saturated carbocycles. The van der Waals surface area contributed by atoms with Gasteiger partial charge in [-0.05, 0) is 36.5 Å². The number of hydrogen-bond donors (Lipinski definition) is 1. The van der Waals surface area contributed by atoms with Crippen LogP contribution in [0.2, 0.25) is 0 Å². The minimum Gasteiger partial charge on any atom is -0.375 e. The molecule has 2 rings (SSSR count). The van der Waals surface area contributed by atoms with Gasteiger partial charge in [0.05, 0.1) is 12.2 Å². The molecule has 4 nitrogen and oxygen atoms in total. The van der Waals surface area contributed by atoms with Crippen molar-refractivity contribution in [1.29, 1.82) is 0 Å². The fraction of sp³-hybridized carbons (Fsp3) is 0.562. The molecule has 1 fully saturated rings. The Bertz CT molecular complexity index is 519. The molecule has 1 aliphatic rings. The van der Waals surface area contributed by atoms with Crippen LogP contribution in [0.15, 0.2) is 23.2 Å². The monoisotopic (exact) mass is 420 g/mol. The molecule has 0 bridgehead atoms. The van der Waals surface area contributed by atoms with Crippen molar-refractivity contribution in [3.63, 3.8) is 0 Å². The molecule has 0 radical (unpaired) electrons. The van der Waals surface area contributed by atoms with Crippen molar-refractivity contribution in [2.24, 2.45) is 16.6 Å². The smallest absolute Gasteiger partial charge is 0.191 e. The number of benzene rings is 1. The van der Waals surface area contributed by atoms with E-state index in [0.717, 1.165) is 25.1 Å². The maximum absolute atomic E-state index is 13.9. The van der Waals surface area contributed by atoms with Gasteiger partial charge in [0.25, 0.3) is 0 Å². The van der Waals surface area contributed by atoms with Gasteiger partial charge in [-0.25, -0.2) is 9.38 Å². The van der Waals surface area contributed by atoms with Crippen molar-refractivity contribution in [3.8, 4) is 0 Å². The van der Waals surface area contributed by atoms with E-state index in [1.165, 1.54) is 12.5 Å². The average Bonchev–Trinajstić information content (AvgIpc) is 2.44. The molecule has 2 N–H and O–H groups in total. The molecule has 1 aliphatic heterocycles. The van der Waals surface area contributed by atoms with Crippen molar-refractivity contribution < 1.29 is 4.39 Å². The van der Waals surface area contributed by atoms with Gasteiger partial charge in [-0.3, -0.25) is 0 Å². The van der Waals surface area contributed by atoms with Crippen LogP contribution in [0.3, 0.4) is 0 Å². The van der Waals surface area contributed by atoms with E-state index in [2.05, 4.69) is 16.8 Å². The van der Waals surface area contributed by atoms with Crippen molar-refractivity contribution in [1.82, 2.24) is 4.90 Å². The van der Waals surface area contributed by atoms with E-state index in [4.69, 9.17) is 5.73 Å². The van der Waals surface area contributed by atoms with Gasteiger partial charge < -0.3 is 15.5 Å². The van der Waals surface area contributed by atoms with Gasteiger partial charge in [0.1, 0.15) is 5.82 Å². The third-order valence-corrected chi connectivity index (χ3v) is 3.90. The molecule has 0 aromatic heterocycles. The molecule has 0 aliphatic carbocycles. The first-order valence-electron chi connectivity index (χ1n) is 7.48. The maximum atomic E-state index is 13.9. The van der Waals surface area contributed by atoms with Crippen LogP contribution in [-0.2, 0) is 6.54 Å². The predicted molar refractivity (Wildman–Crippen MR) is 101 cm³/mol. The number of aliphatic imine (C=N–C) groups is 1. The second kappa shape index (κ2) is 8.55. The summed E-state index contributed by atoms with van der Waals surface area (Å²) in [6.45, 7) is 4.58. The van der Waals surface area contributed by atoms with E-state index in [1.54, 1.807) is 11.0 Å². The summed E-state index contributed by atoms with van der Waals surface area (Å²) in [4.78, 5) is 8.29. The summed E-state index contributed by atoms with van der Waals surface area (Å²) < 4.78 is 13.9. The molecule has 1 atom stereocenters. The van der Waals surface area contributed by atoms with Crippen molar-refractivity contribution in [2.45, 2.75) is 26.3 Å². The van der Waals surface area contributed by atoms with Crippen LogP contribution in [0.25, 0.3) is 0 Å². The van der Waals surface area contributed by atoms with E-state index < -0.39 is 0 Å². The average molecular weight is 420 g/mol. The zero-order valence-corrected chi connectivity index (χ0v) is 15.9. The third-order valence-electron chi connectivity index (χ3n) is 3.90. The van der Waals surface area contributed by atoms with Crippen molar-refractivity contribution in [3.05, 3.63) is 29.6 Å². The number of nitrogens with two attached hydrogens (primary N) is 1. The molecular weight excluding hydrogens is 394 g/mol. The van der Waals surface area contributed by atoms with E-state index in [-0.39, 0.29) is 29.8 Å². The highest BCUT2D eigenvalue weighted by atomic mass is 127. The van der Waals surface area contributed by atoms with Gasteiger partial charge >= 0.3 is 0 Å². The normalized spacial score (nSPS) is 18.8. The molecule has 1 saturated heterocycles. The Kier molecular flexibility index (Phi) is 7.38. The standard InChI is InChI=1S/C16H25FN4.HI/c1-12-5-4-8-21(11-12)16(18)19-10-13-6-7-15(20(2)3)14(17)9-13;/h6-7,9,12H,4-5,8,10-11H2,1-3H3,(H2,18,19);1H. The van der Waals surface area contributed by atoms with Crippen LogP contribution < -0.4 is 10.6 Å². The van der Waals surface area contributed by atoms with Crippen LogP contribution in [0, 0.1) is 11.7 Å². The number of likely N-dealkylation sites (tertiary alicyclic amines) is 1. The lowest BCUT2D eigenvalue weighted by Crippen LogP contribution is -2.43. The Morgan fingerprint density at radius 2 is 2.18 bits per heavy atom. The number of guanidine groups is 1. The fourth-order valence-electron chi connectivity index (χ4n) is 2.68. The number of nitrogens with zero attached hydrogens (tertiary/aromatic N) is 3. The van der Waals surface area contributed by atoms with Crippen LogP contribution in [0.4, 0.5) is 10.1 Å². The summed E-state index contributed by atoms with van der Waals surface area (Å²) in [5, 5.41) is 0. The fourth-order valence-corrected chi connectivity index (χ4v) is 2.68. The first kappa shape index (κ1) is 19.0. The molecule has 0 spiro atoms. The number of piperidine rings is 1. The topological polar surface area (TPSA) is 44.9 Å². The molecule has 1 aromatic rings. The van der Waals surface area contributed by atoms with Crippen LogP contribution in [0.5, 0.6) is 0 Å². The molecule has 1 unspecified atom stereocenters. The predicted octanol–water partition coefficient (Wildman–Crippen LogP) is 3.06. The number of anilines is 1. The van der Waals surface area contributed by atoms with Gasteiger partial charge in [-0.1, -0.05) is 13.0 Å². The highest BCUT2D eigenvalue weighted by Gasteiger charge is 2.17. The summed E-state index contributed by atoms with van der Waals surface area (Å²) in [6, 6.07) is 5.21. The maximum Gasteiger partial charge on any atom is 0.191 e. The molecule has 1 aromatic carbocycles. The van der Waals surface area contributed by atoms with E-state index in [1.807, 2.05) is 20.2 Å². The molecular formula is C16H26FIN4. The van der Waals surface area contributed by atoms with Gasteiger partial charge in [0.2, 0.25) is 0 Å². The zero-order valence-electron chi connectivity index (χ0n) is 13.6. The van der Waals surface area contributed by atoms with Crippen LogP contribution >= 0.6 is 24.0 Å². The second-order valence-corrected chi connectivity index (χ2v) is 6.05. The Morgan fingerprint density at radius 1 is 1.45 bits per heavy atom. The van der Waals surface area contributed by atoms with Crippen LogP contribution in [0.1, 0.15) is 25.3 Å². The summed E-state index contributed by atoms with van der Waals surface area (Å²) in [5.74, 6) is 1.00. The van der Waals surface area contributed by atoms with Crippen LogP contribution in [-0.4, -0.2) is 38.0 Å². The highest BCUT2D eigenvalue weighted by molar-refractivity contribution is 14.0. The number of halogens is 2. The summed E-state index contributed by atoms with van der Waals surface area (Å²) in [7, 11) is 3.65. The summed E-state index contributed by atoms with van der Waals surface area (Å²) in [5.41, 5.74) is 7.47. The summed E-state index contributed by atoms with van der Waals surface area (Å²) in [6.07, 6.45) is 2.41. The van der Waals surface area contributed by atoms with Gasteiger partial charge in [-0.2, -0.15) is 0 Å². The Labute approximate surface area is 149 Å². The third kappa shape index (κ3) is 5.00. The minimum atomic E-state index is -0.224. The van der Waals surface area contributed by atoms with E-state index >= 15 is 0 Å². The highest BCUT2D eigenvalue weighted by Crippen LogP contribution is 2.19. The van der Waals surface area contributed by atoms with Gasteiger partial charge in [0.15, 0.2) is 5.96 Å².